The Labute approximate surface area is 138 Å². The SMILES string of the molecule is O=C(NC1CN(c2ncc(C(=O)O)cn2)C1)OCc1ccccc1. The molecule has 1 aliphatic heterocycles. The number of amides is 1. The van der Waals surface area contributed by atoms with Crippen molar-refractivity contribution in [3.8, 4) is 0 Å². The molecule has 0 bridgehead atoms. The number of hydrogen-bond acceptors (Lipinski definition) is 6. The highest BCUT2D eigenvalue weighted by molar-refractivity contribution is 5.86. The molecule has 0 spiro atoms. The van der Waals surface area contributed by atoms with Gasteiger partial charge in [0.1, 0.15) is 6.61 Å². The van der Waals surface area contributed by atoms with Crippen LogP contribution in [-0.4, -0.2) is 46.3 Å². The average molecular weight is 328 g/mol. The lowest BCUT2D eigenvalue weighted by molar-refractivity contribution is 0.0695. The van der Waals surface area contributed by atoms with Crippen LogP contribution in [0.15, 0.2) is 42.7 Å². The van der Waals surface area contributed by atoms with Gasteiger partial charge < -0.3 is 20.1 Å². The molecule has 0 unspecified atom stereocenters. The Morgan fingerprint density at radius 2 is 1.88 bits per heavy atom. The molecule has 8 heteroatoms. The molecule has 1 amide bonds. The first-order valence-electron chi connectivity index (χ1n) is 7.39. The molecule has 24 heavy (non-hydrogen) atoms. The average Bonchev–Trinajstić information content (AvgIpc) is 2.57. The van der Waals surface area contributed by atoms with Crippen molar-refractivity contribution in [2.24, 2.45) is 0 Å². The first kappa shape index (κ1) is 15.7. The van der Waals surface area contributed by atoms with Crippen molar-refractivity contribution in [1.29, 1.82) is 0 Å². The van der Waals surface area contributed by atoms with Crippen LogP contribution in [0.4, 0.5) is 10.7 Å². The number of ether oxygens (including phenoxy) is 1. The predicted molar refractivity (Wildman–Crippen MR) is 84.8 cm³/mol. The van der Waals surface area contributed by atoms with Crippen molar-refractivity contribution in [1.82, 2.24) is 15.3 Å². The van der Waals surface area contributed by atoms with Gasteiger partial charge in [0, 0.05) is 25.5 Å². The van der Waals surface area contributed by atoms with Gasteiger partial charge in [-0.15, -0.1) is 0 Å². The van der Waals surface area contributed by atoms with Gasteiger partial charge in [-0.25, -0.2) is 19.6 Å². The van der Waals surface area contributed by atoms with Crippen molar-refractivity contribution in [2.75, 3.05) is 18.0 Å². The van der Waals surface area contributed by atoms with Crippen LogP contribution >= 0.6 is 0 Å². The smallest absolute Gasteiger partial charge is 0.407 e. The number of benzene rings is 1. The highest BCUT2D eigenvalue weighted by Gasteiger charge is 2.30. The maximum absolute atomic E-state index is 11.7. The number of nitrogens with one attached hydrogen (secondary N) is 1. The lowest BCUT2D eigenvalue weighted by Crippen LogP contribution is -2.60. The van der Waals surface area contributed by atoms with Gasteiger partial charge in [0.2, 0.25) is 5.95 Å². The Morgan fingerprint density at radius 3 is 2.50 bits per heavy atom. The summed E-state index contributed by atoms with van der Waals surface area (Å²) in [6, 6.07) is 9.40. The number of rotatable bonds is 5. The van der Waals surface area contributed by atoms with Crippen LogP contribution in [0.1, 0.15) is 15.9 Å². The number of aromatic nitrogens is 2. The van der Waals surface area contributed by atoms with Crippen LogP contribution in [0.3, 0.4) is 0 Å². The zero-order valence-electron chi connectivity index (χ0n) is 12.8. The summed E-state index contributed by atoms with van der Waals surface area (Å²) in [5.74, 6) is -0.624. The van der Waals surface area contributed by atoms with E-state index in [0.29, 0.717) is 19.0 Å². The summed E-state index contributed by atoms with van der Waals surface area (Å²) in [6.45, 7) is 1.32. The number of hydrogen-bond donors (Lipinski definition) is 2. The van der Waals surface area contributed by atoms with E-state index >= 15 is 0 Å². The van der Waals surface area contributed by atoms with Crippen LogP contribution in [0.2, 0.25) is 0 Å². The zero-order chi connectivity index (χ0) is 16.9. The number of alkyl carbamates (subject to hydrolysis) is 1. The normalized spacial score (nSPS) is 13.9. The number of carbonyl (C=O) groups is 2. The summed E-state index contributed by atoms with van der Waals surface area (Å²) in [5, 5.41) is 11.6. The fourth-order valence-corrected chi connectivity index (χ4v) is 2.26. The highest BCUT2D eigenvalue weighted by Crippen LogP contribution is 2.16. The molecule has 1 saturated heterocycles. The molecule has 0 aliphatic carbocycles. The topological polar surface area (TPSA) is 105 Å². The maximum Gasteiger partial charge on any atom is 0.407 e. The first-order valence-corrected chi connectivity index (χ1v) is 7.39. The third-order valence-electron chi connectivity index (χ3n) is 3.58. The number of carboxylic acids is 1. The third-order valence-corrected chi connectivity index (χ3v) is 3.58. The molecular formula is C16H16N4O4. The fraction of sp³-hybridized carbons (Fsp3) is 0.250. The Bertz CT molecular complexity index is 715. The minimum absolute atomic E-state index is 0.0402. The molecule has 0 atom stereocenters. The summed E-state index contributed by atoms with van der Waals surface area (Å²) in [5.41, 5.74) is 0.966. The lowest BCUT2D eigenvalue weighted by atomic mass is 10.1. The third kappa shape index (κ3) is 3.78. The highest BCUT2D eigenvalue weighted by atomic mass is 16.5. The van der Waals surface area contributed by atoms with E-state index in [2.05, 4.69) is 15.3 Å². The first-order chi connectivity index (χ1) is 11.6. The monoisotopic (exact) mass is 328 g/mol. The molecular weight excluding hydrogens is 312 g/mol. The summed E-state index contributed by atoms with van der Waals surface area (Å²) >= 11 is 0. The van der Waals surface area contributed by atoms with E-state index < -0.39 is 12.1 Å². The predicted octanol–water partition coefficient (Wildman–Crippen LogP) is 1.29. The van der Waals surface area contributed by atoms with E-state index in [-0.39, 0.29) is 18.2 Å². The standard InChI is InChI=1S/C16H16N4O4/c21-14(22)12-6-17-15(18-7-12)20-8-13(9-20)19-16(23)24-10-11-4-2-1-3-5-11/h1-7,13H,8-10H2,(H,19,23)(H,21,22). The van der Waals surface area contributed by atoms with E-state index in [9.17, 15) is 9.59 Å². The molecule has 8 nitrogen and oxygen atoms in total. The summed E-state index contributed by atoms with van der Waals surface area (Å²) in [6.07, 6.45) is 2.06. The van der Waals surface area contributed by atoms with Crippen molar-refractivity contribution in [3.05, 3.63) is 53.9 Å². The molecule has 0 radical (unpaired) electrons. The Kier molecular flexibility index (Phi) is 4.55. The van der Waals surface area contributed by atoms with Gasteiger partial charge in [-0.05, 0) is 5.56 Å². The molecule has 0 saturated carbocycles. The van der Waals surface area contributed by atoms with E-state index in [1.165, 1.54) is 12.4 Å². The van der Waals surface area contributed by atoms with Gasteiger partial charge in [-0.3, -0.25) is 0 Å². The van der Waals surface area contributed by atoms with Crippen molar-refractivity contribution in [3.63, 3.8) is 0 Å². The Morgan fingerprint density at radius 1 is 1.21 bits per heavy atom. The number of aromatic carboxylic acids is 1. The lowest BCUT2D eigenvalue weighted by Gasteiger charge is -2.39. The number of carboxylic acid groups (broad SMARTS) is 1. The second kappa shape index (κ2) is 6.95. The fourth-order valence-electron chi connectivity index (χ4n) is 2.26. The van der Waals surface area contributed by atoms with Crippen LogP contribution in [-0.2, 0) is 11.3 Å². The van der Waals surface area contributed by atoms with Crippen LogP contribution in [0.25, 0.3) is 0 Å². The van der Waals surface area contributed by atoms with Crippen LogP contribution in [0.5, 0.6) is 0 Å². The number of carbonyl (C=O) groups excluding carboxylic acids is 1. The molecule has 2 heterocycles. The van der Waals surface area contributed by atoms with Crippen LogP contribution < -0.4 is 10.2 Å². The largest absolute Gasteiger partial charge is 0.478 e. The Balaban J connectivity index is 1.41. The van der Waals surface area contributed by atoms with Crippen molar-refractivity contribution >= 4 is 18.0 Å². The van der Waals surface area contributed by atoms with E-state index in [0.717, 1.165) is 5.56 Å². The summed E-state index contributed by atoms with van der Waals surface area (Å²) < 4.78 is 5.15. The quantitative estimate of drug-likeness (QED) is 0.852. The second-order valence-electron chi connectivity index (χ2n) is 5.38. The molecule has 1 fully saturated rings. The van der Waals surface area contributed by atoms with Gasteiger partial charge in [-0.2, -0.15) is 0 Å². The molecule has 1 aliphatic rings. The minimum atomic E-state index is -1.06. The summed E-state index contributed by atoms with van der Waals surface area (Å²) in [4.78, 5) is 32.3. The van der Waals surface area contributed by atoms with Gasteiger partial charge in [0.05, 0.1) is 11.6 Å². The number of anilines is 1. The summed E-state index contributed by atoms with van der Waals surface area (Å²) in [7, 11) is 0. The van der Waals surface area contributed by atoms with Gasteiger partial charge in [-0.1, -0.05) is 30.3 Å². The van der Waals surface area contributed by atoms with Crippen LogP contribution in [0, 0.1) is 0 Å². The van der Waals surface area contributed by atoms with Crippen molar-refractivity contribution < 1.29 is 19.4 Å². The molecule has 2 aromatic rings. The minimum Gasteiger partial charge on any atom is -0.478 e. The molecule has 2 N–H and O–H groups in total. The van der Waals surface area contributed by atoms with Gasteiger partial charge in [0.15, 0.2) is 0 Å². The second-order valence-corrected chi connectivity index (χ2v) is 5.38. The van der Waals surface area contributed by atoms with Gasteiger partial charge >= 0.3 is 12.1 Å². The maximum atomic E-state index is 11.7. The molecule has 1 aromatic heterocycles. The molecule has 1 aromatic carbocycles. The van der Waals surface area contributed by atoms with E-state index in [1.54, 1.807) is 0 Å². The van der Waals surface area contributed by atoms with Gasteiger partial charge in [0.25, 0.3) is 0 Å². The van der Waals surface area contributed by atoms with E-state index in [1.807, 2.05) is 35.2 Å². The van der Waals surface area contributed by atoms with E-state index in [4.69, 9.17) is 9.84 Å². The van der Waals surface area contributed by atoms with Crippen molar-refractivity contribution in [2.45, 2.75) is 12.6 Å². The number of nitrogens with zero attached hydrogens (tertiary/aromatic N) is 3. The molecule has 124 valence electrons. The molecule has 3 rings (SSSR count). The zero-order valence-corrected chi connectivity index (χ0v) is 12.8. The Hall–Kier alpha value is -3.16.